The Balaban J connectivity index is 1.41. The first-order chi connectivity index (χ1) is 14.0. The van der Waals surface area contributed by atoms with E-state index < -0.39 is 0 Å². The van der Waals surface area contributed by atoms with E-state index >= 15 is 0 Å². The van der Waals surface area contributed by atoms with Crippen molar-refractivity contribution in [2.75, 3.05) is 25.0 Å². The molecule has 0 radical (unpaired) electrons. The molecule has 2 amide bonds. The quantitative estimate of drug-likeness (QED) is 0.844. The van der Waals surface area contributed by atoms with Crippen LogP contribution < -0.4 is 5.32 Å². The molecular formula is C23H33N3O3. The molecule has 1 aromatic rings. The Labute approximate surface area is 173 Å². The molecule has 4 rings (SSSR count). The van der Waals surface area contributed by atoms with Crippen molar-refractivity contribution in [1.29, 1.82) is 0 Å². The maximum atomic E-state index is 13.2. The molecule has 6 heteroatoms. The van der Waals surface area contributed by atoms with Crippen LogP contribution in [0.25, 0.3) is 0 Å². The minimum absolute atomic E-state index is 0.0578. The molecule has 0 bridgehead atoms. The second-order valence-corrected chi connectivity index (χ2v) is 8.84. The monoisotopic (exact) mass is 399 g/mol. The largest absolute Gasteiger partial charge is 0.368 e. The van der Waals surface area contributed by atoms with Crippen LogP contribution in [0.5, 0.6) is 0 Å². The number of nitrogens with one attached hydrogen (secondary N) is 1. The third-order valence-electron chi connectivity index (χ3n) is 6.72. The molecule has 3 aliphatic heterocycles. The normalized spacial score (nSPS) is 30.5. The number of anilines is 1. The van der Waals surface area contributed by atoms with Gasteiger partial charge >= 0.3 is 0 Å². The Hall–Kier alpha value is -1.92. The van der Waals surface area contributed by atoms with Crippen molar-refractivity contribution in [3.05, 3.63) is 29.8 Å². The molecule has 0 saturated carbocycles. The number of hydrogen-bond donors (Lipinski definition) is 1. The maximum absolute atomic E-state index is 13.2. The number of amides is 2. The van der Waals surface area contributed by atoms with Crippen molar-refractivity contribution in [1.82, 2.24) is 9.80 Å². The molecule has 3 heterocycles. The van der Waals surface area contributed by atoms with Crippen LogP contribution in [-0.4, -0.2) is 65.5 Å². The van der Waals surface area contributed by atoms with E-state index in [1.807, 2.05) is 23.1 Å². The molecule has 6 nitrogen and oxygen atoms in total. The van der Waals surface area contributed by atoms with Crippen LogP contribution in [0.3, 0.4) is 0 Å². The first-order valence-electron chi connectivity index (χ1n) is 11.1. The second kappa shape index (κ2) is 8.84. The molecule has 3 saturated heterocycles. The molecule has 158 valence electrons. The van der Waals surface area contributed by atoms with E-state index in [0.29, 0.717) is 36.0 Å². The molecule has 3 fully saturated rings. The Morgan fingerprint density at radius 1 is 1.07 bits per heavy atom. The summed E-state index contributed by atoms with van der Waals surface area (Å²) in [5.41, 5.74) is 1.30. The Morgan fingerprint density at radius 2 is 1.86 bits per heavy atom. The lowest BCUT2D eigenvalue weighted by atomic mass is 10.0. The van der Waals surface area contributed by atoms with E-state index in [2.05, 4.69) is 24.1 Å². The average molecular weight is 400 g/mol. The highest BCUT2D eigenvalue weighted by Gasteiger charge is 2.36. The highest BCUT2D eigenvalue weighted by Crippen LogP contribution is 2.30. The van der Waals surface area contributed by atoms with Crippen LogP contribution in [0.15, 0.2) is 24.3 Å². The van der Waals surface area contributed by atoms with Gasteiger partial charge in [-0.15, -0.1) is 0 Å². The van der Waals surface area contributed by atoms with Crippen LogP contribution in [0, 0.1) is 0 Å². The molecule has 1 aromatic carbocycles. The minimum atomic E-state index is -0.373. The number of carbonyl (C=O) groups excluding carboxylic acids is 2. The predicted molar refractivity (Wildman–Crippen MR) is 113 cm³/mol. The van der Waals surface area contributed by atoms with Gasteiger partial charge in [0.15, 0.2) is 0 Å². The van der Waals surface area contributed by atoms with Gasteiger partial charge in [0.2, 0.25) is 0 Å². The Kier molecular flexibility index (Phi) is 6.20. The van der Waals surface area contributed by atoms with Crippen molar-refractivity contribution < 1.29 is 14.3 Å². The molecular weight excluding hydrogens is 366 g/mol. The molecule has 0 spiro atoms. The molecule has 29 heavy (non-hydrogen) atoms. The molecule has 0 aromatic heterocycles. The summed E-state index contributed by atoms with van der Waals surface area (Å²) in [5, 5.41) is 2.90. The number of rotatable bonds is 4. The van der Waals surface area contributed by atoms with Gasteiger partial charge in [0.05, 0.1) is 0 Å². The molecule has 4 atom stereocenters. The van der Waals surface area contributed by atoms with Crippen molar-refractivity contribution in [2.45, 2.75) is 76.6 Å². The zero-order valence-corrected chi connectivity index (χ0v) is 17.6. The van der Waals surface area contributed by atoms with Crippen LogP contribution in [0.1, 0.15) is 62.7 Å². The molecule has 3 aliphatic rings. The number of nitrogens with zero attached hydrogens (tertiary/aromatic N) is 2. The Bertz CT molecular complexity index is 737. The highest BCUT2D eigenvalue weighted by atomic mass is 16.5. The van der Waals surface area contributed by atoms with Gasteiger partial charge in [-0.1, -0.05) is 6.07 Å². The summed E-state index contributed by atoms with van der Waals surface area (Å²) in [5.74, 6) is -0.0652. The standard InChI is InChI=1S/C23H33N3O3/c1-16-10-11-17(2)26(16)20-8-4-12-25(15-20)23(28)18-6-3-7-19(14-18)24-22(27)21-9-5-13-29-21/h3,6-7,14,16-17,20-21H,4-5,8-13,15H2,1-2H3,(H,24,27)/t16-,17+,20-,21+/m1/s1. The number of benzene rings is 1. The zero-order valence-electron chi connectivity index (χ0n) is 17.6. The van der Waals surface area contributed by atoms with Crippen LogP contribution in [0.4, 0.5) is 5.69 Å². The Morgan fingerprint density at radius 3 is 2.59 bits per heavy atom. The first-order valence-corrected chi connectivity index (χ1v) is 11.1. The van der Waals surface area contributed by atoms with Gasteiger partial charge in [-0.2, -0.15) is 0 Å². The first kappa shape index (κ1) is 20.4. The van der Waals surface area contributed by atoms with Crippen molar-refractivity contribution in [3.63, 3.8) is 0 Å². The van der Waals surface area contributed by atoms with Crippen LogP contribution in [-0.2, 0) is 9.53 Å². The molecule has 0 unspecified atom stereocenters. The van der Waals surface area contributed by atoms with Gasteiger partial charge < -0.3 is 15.0 Å². The third-order valence-corrected chi connectivity index (χ3v) is 6.72. The smallest absolute Gasteiger partial charge is 0.253 e. The number of likely N-dealkylation sites (tertiary alicyclic amines) is 2. The highest BCUT2D eigenvalue weighted by molar-refractivity contribution is 5.98. The summed E-state index contributed by atoms with van der Waals surface area (Å²) in [6.45, 7) is 6.86. The summed E-state index contributed by atoms with van der Waals surface area (Å²) in [4.78, 5) is 30.1. The van der Waals surface area contributed by atoms with Crippen molar-refractivity contribution in [2.24, 2.45) is 0 Å². The van der Waals surface area contributed by atoms with E-state index in [1.165, 1.54) is 12.8 Å². The average Bonchev–Trinajstić information content (AvgIpc) is 3.38. The van der Waals surface area contributed by atoms with Crippen LogP contribution in [0.2, 0.25) is 0 Å². The van der Waals surface area contributed by atoms with Gasteiger partial charge in [-0.25, -0.2) is 0 Å². The maximum Gasteiger partial charge on any atom is 0.253 e. The number of carbonyl (C=O) groups is 2. The van der Waals surface area contributed by atoms with Gasteiger partial charge in [0.1, 0.15) is 6.10 Å². The van der Waals surface area contributed by atoms with Gasteiger partial charge in [0, 0.05) is 49.1 Å². The van der Waals surface area contributed by atoms with E-state index in [1.54, 1.807) is 6.07 Å². The van der Waals surface area contributed by atoms with Gasteiger partial charge in [-0.05, 0) is 70.6 Å². The third kappa shape index (κ3) is 4.48. The van der Waals surface area contributed by atoms with E-state index in [4.69, 9.17) is 4.74 Å². The van der Waals surface area contributed by atoms with Gasteiger partial charge in [0.25, 0.3) is 11.8 Å². The summed E-state index contributed by atoms with van der Waals surface area (Å²) >= 11 is 0. The zero-order chi connectivity index (χ0) is 20.4. The number of hydrogen-bond acceptors (Lipinski definition) is 4. The van der Waals surface area contributed by atoms with Crippen molar-refractivity contribution >= 4 is 17.5 Å². The fraction of sp³-hybridized carbons (Fsp3) is 0.652. The van der Waals surface area contributed by atoms with E-state index in [9.17, 15) is 9.59 Å². The lowest BCUT2D eigenvalue weighted by Crippen LogP contribution is -2.52. The van der Waals surface area contributed by atoms with E-state index in [-0.39, 0.29) is 17.9 Å². The SMILES string of the molecule is C[C@@H]1CC[C@H](C)N1[C@@H]1CCCN(C(=O)c2cccc(NC(=O)[C@@H]3CCCO3)c2)C1. The fourth-order valence-electron chi connectivity index (χ4n) is 5.24. The number of ether oxygens (including phenoxy) is 1. The lowest BCUT2D eigenvalue weighted by Gasteiger charge is -2.41. The molecule has 1 N–H and O–H groups in total. The second-order valence-electron chi connectivity index (χ2n) is 8.84. The predicted octanol–water partition coefficient (Wildman–Crippen LogP) is 3.28. The number of piperidine rings is 1. The summed E-state index contributed by atoms with van der Waals surface area (Å²) in [6.07, 6.45) is 6.00. The minimum Gasteiger partial charge on any atom is -0.368 e. The van der Waals surface area contributed by atoms with Gasteiger partial charge in [-0.3, -0.25) is 14.5 Å². The van der Waals surface area contributed by atoms with Crippen LogP contribution >= 0.6 is 0 Å². The summed E-state index contributed by atoms with van der Waals surface area (Å²) in [6, 6.07) is 8.94. The summed E-state index contributed by atoms with van der Waals surface area (Å²) < 4.78 is 5.45. The van der Waals surface area contributed by atoms with E-state index in [0.717, 1.165) is 38.8 Å². The summed E-state index contributed by atoms with van der Waals surface area (Å²) in [7, 11) is 0. The lowest BCUT2D eigenvalue weighted by molar-refractivity contribution is -0.124. The topological polar surface area (TPSA) is 61.9 Å². The van der Waals surface area contributed by atoms with Crippen molar-refractivity contribution in [3.8, 4) is 0 Å². The molecule has 0 aliphatic carbocycles. The fourth-order valence-corrected chi connectivity index (χ4v) is 5.24.